The second kappa shape index (κ2) is 7.36. The third-order valence-electron chi connectivity index (χ3n) is 5.87. The Morgan fingerprint density at radius 2 is 1.84 bits per heavy atom. The van der Waals surface area contributed by atoms with Gasteiger partial charge in [0, 0.05) is 25.2 Å². The van der Waals surface area contributed by atoms with Crippen molar-refractivity contribution in [1.29, 1.82) is 0 Å². The number of ether oxygens (including phenoxy) is 1. The maximum absolute atomic E-state index is 12.8. The smallest absolute Gasteiger partial charge is 0.263 e. The first-order valence-electron chi connectivity index (χ1n) is 9.65. The fourth-order valence-electron chi connectivity index (χ4n) is 4.43. The first kappa shape index (κ1) is 18.2. The van der Waals surface area contributed by atoms with Gasteiger partial charge in [0.15, 0.2) is 6.10 Å². The normalized spacial score (nSPS) is 26.6. The standard InChI is InChI=1S/C21H32N2O2/c1-13(2)20-9-8-19(10-14(20)3)25-15(4)21(24)23(5)18-11-16-6-7-17(12-18)22-16/h8-10,13,15-18,22H,6-7,11-12H2,1-5H3. The molecule has 3 atom stereocenters. The summed E-state index contributed by atoms with van der Waals surface area (Å²) in [6, 6.07) is 7.65. The molecule has 1 N–H and O–H groups in total. The van der Waals surface area contributed by atoms with Gasteiger partial charge >= 0.3 is 0 Å². The van der Waals surface area contributed by atoms with Crippen molar-refractivity contribution in [1.82, 2.24) is 10.2 Å². The number of benzene rings is 1. The molecule has 3 rings (SSSR count). The highest BCUT2D eigenvalue weighted by Gasteiger charge is 2.37. The van der Waals surface area contributed by atoms with Crippen molar-refractivity contribution in [3.8, 4) is 5.75 Å². The van der Waals surface area contributed by atoms with Crippen LogP contribution in [0.1, 0.15) is 63.5 Å². The number of hydrogen-bond acceptors (Lipinski definition) is 3. The van der Waals surface area contributed by atoms with Crippen LogP contribution in [0.2, 0.25) is 0 Å². The van der Waals surface area contributed by atoms with Crippen LogP contribution < -0.4 is 10.1 Å². The van der Waals surface area contributed by atoms with Crippen molar-refractivity contribution in [2.45, 2.75) is 83.5 Å². The zero-order chi connectivity index (χ0) is 18.1. The summed E-state index contributed by atoms with van der Waals surface area (Å²) >= 11 is 0. The molecule has 2 fully saturated rings. The molecule has 4 heteroatoms. The van der Waals surface area contributed by atoms with E-state index in [4.69, 9.17) is 4.74 Å². The van der Waals surface area contributed by atoms with Crippen molar-refractivity contribution >= 4 is 5.91 Å². The number of carbonyl (C=O) groups is 1. The predicted octanol–water partition coefficient (Wildman–Crippen LogP) is 3.63. The van der Waals surface area contributed by atoms with Crippen molar-refractivity contribution in [3.63, 3.8) is 0 Å². The molecule has 2 saturated heterocycles. The number of carbonyl (C=O) groups excluding carboxylic acids is 1. The van der Waals surface area contributed by atoms with Gasteiger partial charge in [-0.25, -0.2) is 0 Å². The van der Waals surface area contributed by atoms with Crippen molar-refractivity contribution < 1.29 is 9.53 Å². The van der Waals surface area contributed by atoms with Gasteiger partial charge in [-0.1, -0.05) is 19.9 Å². The van der Waals surface area contributed by atoms with Crippen LogP contribution in [-0.2, 0) is 4.79 Å². The van der Waals surface area contributed by atoms with Gasteiger partial charge in [0.05, 0.1) is 0 Å². The average molecular weight is 344 g/mol. The van der Waals surface area contributed by atoms with Crippen LogP contribution in [-0.4, -0.2) is 42.1 Å². The Morgan fingerprint density at radius 1 is 1.20 bits per heavy atom. The lowest BCUT2D eigenvalue weighted by Crippen LogP contribution is -2.51. The number of hydrogen-bond donors (Lipinski definition) is 1. The number of likely N-dealkylation sites (N-methyl/N-ethyl adjacent to an activating group) is 1. The monoisotopic (exact) mass is 344 g/mol. The summed E-state index contributed by atoms with van der Waals surface area (Å²) in [4.78, 5) is 14.7. The molecule has 138 valence electrons. The molecule has 2 heterocycles. The lowest BCUT2D eigenvalue weighted by molar-refractivity contribution is -0.139. The van der Waals surface area contributed by atoms with E-state index in [-0.39, 0.29) is 5.91 Å². The van der Waals surface area contributed by atoms with Gasteiger partial charge in [0.1, 0.15) is 5.75 Å². The van der Waals surface area contributed by atoms with Gasteiger partial charge in [-0.05, 0) is 68.7 Å². The summed E-state index contributed by atoms with van der Waals surface area (Å²) in [7, 11) is 1.94. The second-order valence-electron chi connectivity index (χ2n) is 8.15. The Bertz CT molecular complexity index is 616. The number of fused-ring (bicyclic) bond motifs is 2. The largest absolute Gasteiger partial charge is 0.481 e. The molecule has 0 aliphatic carbocycles. The van der Waals surface area contributed by atoms with E-state index in [1.165, 1.54) is 24.0 Å². The highest BCUT2D eigenvalue weighted by atomic mass is 16.5. The first-order chi connectivity index (χ1) is 11.8. The Hall–Kier alpha value is -1.55. The van der Waals surface area contributed by atoms with E-state index in [1.54, 1.807) is 0 Å². The molecule has 4 nitrogen and oxygen atoms in total. The number of rotatable bonds is 5. The molecular formula is C21H32N2O2. The third kappa shape index (κ3) is 4.00. The van der Waals surface area contributed by atoms with Crippen LogP contribution in [0.4, 0.5) is 0 Å². The molecule has 0 radical (unpaired) electrons. The molecule has 2 bridgehead atoms. The van der Waals surface area contributed by atoms with Crippen molar-refractivity contribution in [2.75, 3.05) is 7.05 Å². The fourth-order valence-corrected chi connectivity index (χ4v) is 4.43. The predicted molar refractivity (Wildman–Crippen MR) is 101 cm³/mol. The van der Waals surface area contributed by atoms with Gasteiger partial charge in [0.25, 0.3) is 5.91 Å². The highest BCUT2D eigenvalue weighted by Crippen LogP contribution is 2.30. The molecular weight excluding hydrogens is 312 g/mol. The number of aryl methyl sites for hydroxylation is 1. The molecule has 0 saturated carbocycles. The first-order valence-corrected chi connectivity index (χ1v) is 9.65. The van der Waals surface area contributed by atoms with E-state index in [9.17, 15) is 4.79 Å². The minimum atomic E-state index is -0.457. The summed E-state index contributed by atoms with van der Waals surface area (Å²) in [5, 5.41) is 3.63. The maximum atomic E-state index is 12.8. The summed E-state index contributed by atoms with van der Waals surface area (Å²) < 4.78 is 5.97. The zero-order valence-electron chi connectivity index (χ0n) is 16.2. The molecule has 1 amide bonds. The Balaban J connectivity index is 1.61. The van der Waals surface area contributed by atoms with E-state index in [0.29, 0.717) is 24.0 Å². The molecule has 3 unspecified atom stereocenters. The van der Waals surface area contributed by atoms with Crippen molar-refractivity contribution in [2.24, 2.45) is 0 Å². The number of piperidine rings is 1. The maximum Gasteiger partial charge on any atom is 0.263 e. The van der Waals surface area contributed by atoms with E-state index in [1.807, 2.05) is 31.0 Å². The van der Waals surface area contributed by atoms with Crippen LogP contribution in [0.3, 0.4) is 0 Å². The molecule has 25 heavy (non-hydrogen) atoms. The quantitative estimate of drug-likeness (QED) is 0.887. The molecule has 2 aliphatic heterocycles. The summed E-state index contributed by atoms with van der Waals surface area (Å²) in [5.74, 6) is 1.35. The second-order valence-corrected chi connectivity index (χ2v) is 8.15. The molecule has 1 aromatic carbocycles. The Kier molecular flexibility index (Phi) is 5.38. The van der Waals surface area contributed by atoms with E-state index in [0.717, 1.165) is 18.6 Å². The van der Waals surface area contributed by atoms with Gasteiger partial charge in [-0.2, -0.15) is 0 Å². The fraction of sp³-hybridized carbons (Fsp3) is 0.667. The zero-order valence-corrected chi connectivity index (χ0v) is 16.2. The summed E-state index contributed by atoms with van der Waals surface area (Å²) in [6.07, 6.45) is 4.16. The Morgan fingerprint density at radius 3 is 2.40 bits per heavy atom. The van der Waals surface area contributed by atoms with Gasteiger partial charge in [-0.3, -0.25) is 4.79 Å². The van der Waals surface area contributed by atoms with Crippen LogP contribution in [0, 0.1) is 6.92 Å². The van der Waals surface area contributed by atoms with Gasteiger partial charge in [-0.15, -0.1) is 0 Å². The van der Waals surface area contributed by atoms with E-state index >= 15 is 0 Å². The minimum absolute atomic E-state index is 0.0805. The van der Waals surface area contributed by atoms with E-state index < -0.39 is 6.10 Å². The lowest BCUT2D eigenvalue weighted by Gasteiger charge is -2.36. The molecule has 2 aliphatic rings. The van der Waals surface area contributed by atoms with Gasteiger partial charge in [0.2, 0.25) is 0 Å². The number of nitrogens with one attached hydrogen (secondary N) is 1. The molecule has 0 aromatic heterocycles. The van der Waals surface area contributed by atoms with Crippen LogP contribution in [0.5, 0.6) is 5.75 Å². The van der Waals surface area contributed by atoms with Crippen molar-refractivity contribution in [3.05, 3.63) is 29.3 Å². The van der Waals surface area contributed by atoms with Crippen LogP contribution in [0.25, 0.3) is 0 Å². The highest BCUT2D eigenvalue weighted by molar-refractivity contribution is 5.81. The topological polar surface area (TPSA) is 41.6 Å². The van der Waals surface area contributed by atoms with Gasteiger partial charge < -0.3 is 15.0 Å². The van der Waals surface area contributed by atoms with E-state index in [2.05, 4.69) is 32.2 Å². The molecule has 0 spiro atoms. The van der Waals surface area contributed by atoms with Crippen LogP contribution >= 0.6 is 0 Å². The lowest BCUT2D eigenvalue weighted by atomic mass is 9.98. The average Bonchev–Trinajstić information content (AvgIpc) is 2.91. The summed E-state index contributed by atoms with van der Waals surface area (Å²) in [6.45, 7) is 8.35. The number of amides is 1. The number of nitrogens with zero attached hydrogens (tertiary/aromatic N) is 1. The molecule has 1 aromatic rings. The SMILES string of the molecule is Cc1cc(OC(C)C(=O)N(C)C2CC3CCC(C2)N3)ccc1C(C)C. The summed E-state index contributed by atoms with van der Waals surface area (Å²) in [5.41, 5.74) is 2.55. The Labute approximate surface area is 151 Å². The third-order valence-corrected chi connectivity index (χ3v) is 5.87. The van der Waals surface area contributed by atoms with Crippen LogP contribution in [0.15, 0.2) is 18.2 Å². The minimum Gasteiger partial charge on any atom is -0.481 e.